The molecule has 1 aliphatic rings. The highest BCUT2D eigenvalue weighted by atomic mass is 16.5. The molecule has 5 heteroatoms. The van der Waals surface area contributed by atoms with Crippen LogP contribution in [0.4, 0.5) is 0 Å². The number of β-amino-alcohol motifs (C(OH)–C–C–N with tert-alkyl or cyclic N) is 1. The maximum Gasteiger partial charge on any atom is 0.323 e. The highest BCUT2D eigenvalue weighted by molar-refractivity contribution is 5.75. The molecular weight excluding hydrogens is 268 g/mol. The van der Waals surface area contributed by atoms with Gasteiger partial charge in [-0.1, -0.05) is 6.92 Å². The number of esters is 1. The molecule has 1 aliphatic heterocycles. The number of ether oxygens (including phenoxy) is 1. The third-order valence-electron chi connectivity index (χ3n) is 4.20. The van der Waals surface area contributed by atoms with Gasteiger partial charge in [-0.2, -0.15) is 0 Å². The average molecular weight is 300 g/mol. The summed E-state index contributed by atoms with van der Waals surface area (Å²) in [6.45, 7) is 11.1. The van der Waals surface area contributed by atoms with Gasteiger partial charge in [-0.3, -0.25) is 9.69 Å². The van der Waals surface area contributed by atoms with Gasteiger partial charge in [0.1, 0.15) is 6.04 Å². The second-order valence-electron chi connectivity index (χ2n) is 6.74. The van der Waals surface area contributed by atoms with Gasteiger partial charge in [0.25, 0.3) is 0 Å². The highest BCUT2D eigenvalue weighted by Gasteiger charge is 2.24. The predicted octanol–water partition coefficient (Wildman–Crippen LogP) is 1.35. The molecule has 1 saturated heterocycles. The summed E-state index contributed by atoms with van der Waals surface area (Å²) >= 11 is 0. The smallest absolute Gasteiger partial charge is 0.323 e. The van der Waals surface area contributed by atoms with Crippen molar-refractivity contribution in [1.82, 2.24) is 9.80 Å². The van der Waals surface area contributed by atoms with E-state index in [9.17, 15) is 9.90 Å². The molecule has 0 saturated carbocycles. The lowest BCUT2D eigenvalue weighted by Crippen LogP contribution is -2.46. The first-order valence-electron chi connectivity index (χ1n) is 8.10. The molecular formula is C16H32N2O3. The molecule has 1 rings (SSSR count). The summed E-state index contributed by atoms with van der Waals surface area (Å²) in [5.41, 5.74) is 0. The van der Waals surface area contributed by atoms with Crippen LogP contribution in [0.1, 0.15) is 40.5 Å². The normalized spacial score (nSPS) is 20.8. The Morgan fingerprint density at radius 3 is 2.43 bits per heavy atom. The molecule has 1 N–H and O–H groups in total. The molecule has 1 heterocycles. The molecule has 2 atom stereocenters. The average Bonchev–Trinajstić information content (AvgIpc) is 2.39. The Morgan fingerprint density at radius 2 is 1.90 bits per heavy atom. The van der Waals surface area contributed by atoms with Crippen LogP contribution in [0.25, 0.3) is 0 Å². The van der Waals surface area contributed by atoms with Crippen molar-refractivity contribution in [3.05, 3.63) is 0 Å². The molecule has 1 fully saturated rings. The quantitative estimate of drug-likeness (QED) is 0.719. The number of hydrogen-bond acceptors (Lipinski definition) is 5. The molecule has 0 aromatic carbocycles. The van der Waals surface area contributed by atoms with E-state index in [2.05, 4.69) is 11.8 Å². The van der Waals surface area contributed by atoms with Gasteiger partial charge in [-0.05, 0) is 59.7 Å². The van der Waals surface area contributed by atoms with E-state index in [0.29, 0.717) is 13.1 Å². The lowest BCUT2D eigenvalue weighted by Gasteiger charge is -2.33. The largest absolute Gasteiger partial charge is 0.462 e. The summed E-state index contributed by atoms with van der Waals surface area (Å²) in [6.07, 6.45) is 1.88. The van der Waals surface area contributed by atoms with Gasteiger partial charge in [-0.15, -0.1) is 0 Å². The van der Waals surface area contributed by atoms with Crippen LogP contribution in [-0.2, 0) is 9.53 Å². The Labute approximate surface area is 129 Å². The summed E-state index contributed by atoms with van der Waals surface area (Å²) < 4.78 is 5.20. The minimum Gasteiger partial charge on any atom is -0.462 e. The lowest BCUT2D eigenvalue weighted by molar-refractivity contribution is -0.153. The van der Waals surface area contributed by atoms with Gasteiger partial charge < -0.3 is 14.7 Å². The van der Waals surface area contributed by atoms with E-state index in [-0.39, 0.29) is 18.1 Å². The van der Waals surface area contributed by atoms with E-state index in [0.717, 1.165) is 19.0 Å². The van der Waals surface area contributed by atoms with Gasteiger partial charge >= 0.3 is 5.97 Å². The number of likely N-dealkylation sites (N-methyl/N-ethyl adjacent to an activating group) is 1. The standard InChI is InChI=1S/C16H32N2O3/c1-12(2)21-16(20)14(4)17(5)10-15(19)11-18-8-6-13(3)7-9-18/h12-15,19H,6-11H2,1-5H3. The Bertz CT molecular complexity index is 315. The Kier molecular flexibility index (Phi) is 7.63. The second-order valence-corrected chi connectivity index (χ2v) is 6.74. The van der Waals surface area contributed by atoms with Crippen molar-refractivity contribution in [2.24, 2.45) is 5.92 Å². The van der Waals surface area contributed by atoms with Crippen molar-refractivity contribution >= 4 is 5.97 Å². The van der Waals surface area contributed by atoms with Crippen LogP contribution in [-0.4, -0.2) is 72.4 Å². The van der Waals surface area contributed by atoms with E-state index in [1.807, 2.05) is 32.7 Å². The third kappa shape index (κ3) is 6.76. The zero-order chi connectivity index (χ0) is 16.0. The van der Waals surface area contributed by atoms with Crippen LogP contribution in [0.15, 0.2) is 0 Å². The molecule has 0 bridgehead atoms. The number of likely N-dealkylation sites (tertiary alicyclic amines) is 1. The van der Waals surface area contributed by atoms with Crippen LogP contribution in [0.5, 0.6) is 0 Å². The van der Waals surface area contributed by atoms with Crippen LogP contribution in [0.3, 0.4) is 0 Å². The molecule has 0 aromatic heterocycles. The van der Waals surface area contributed by atoms with Crippen LogP contribution >= 0.6 is 0 Å². The zero-order valence-corrected chi connectivity index (χ0v) is 14.2. The molecule has 0 spiro atoms. The number of nitrogens with zero attached hydrogens (tertiary/aromatic N) is 2. The van der Waals surface area contributed by atoms with Gasteiger partial charge in [0, 0.05) is 13.1 Å². The molecule has 0 aromatic rings. The highest BCUT2D eigenvalue weighted by Crippen LogP contribution is 2.16. The van der Waals surface area contributed by atoms with E-state index in [4.69, 9.17) is 4.74 Å². The van der Waals surface area contributed by atoms with Crippen molar-refractivity contribution in [3.8, 4) is 0 Å². The van der Waals surface area contributed by atoms with Crippen molar-refractivity contribution in [2.45, 2.75) is 58.8 Å². The van der Waals surface area contributed by atoms with Crippen LogP contribution < -0.4 is 0 Å². The number of hydrogen-bond donors (Lipinski definition) is 1. The van der Waals surface area contributed by atoms with E-state index in [1.165, 1.54) is 12.8 Å². The fourth-order valence-electron chi connectivity index (χ4n) is 2.60. The van der Waals surface area contributed by atoms with Crippen LogP contribution in [0, 0.1) is 5.92 Å². The number of piperidine rings is 1. The first-order valence-corrected chi connectivity index (χ1v) is 8.10. The van der Waals surface area contributed by atoms with Gasteiger partial charge in [-0.25, -0.2) is 0 Å². The topological polar surface area (TPSA) is 53.0 Å². The maximum absolute atomic E-state index is 11.8. The first kappa shape index (κ1) is 18.4. The SMILES string of the molecule is CC1CCN(CC(O)CN(C)C(C)C(=O)OC(C)C)CC1. The number of rotatable bonds is 7. The zero-order valence-electron chi connectivity index (χ0n) is 14.2. The molecule has 124 valence electrons. The minimum absolute atomic E-state index is 0.103. The summed E-state index contributed by atoms with van der Waals surface area (Å²) in [6, 6.07) is -0.330. The van der Waals surface area contributed by atoms with E-state index in [1.54, 1.807) is 0 Å². The fourth-order valence-corrected chi connectivity index (χ4v) is 2.60. The molecule has 2 unspecified atom stereocenters. The van der Waals surface area contributed by atoms with Crippen molar-refractivity contribution in [1.29, 1.82) is 0 Å². The number of aliphatic hydroxyl groups excluding tert-OH is 1. The maximum atomic E-state index is 11.8. The molecule has 0 radical (unpaired) electrons. The Balaban J connectivity index is 2.32. The second kappa shape index (κ2) is 8.71. The number of carbonyl (C=O) groups is 1. The van der Waals surface area contributed by atoms with Gasteiger partial charge in [0.05, 0.1) is 12.2 Å². The molecule has 5 nitrogen and oxygen atoms in total. The van der Waals surface area contributed by atoms with E-state index >= 15 is 0 Å². The Morgan fingerprint density at radius 1 is 1.33 bits per heavy atom. The molecule has 21 heavy (non-hydrogen) atoms. The minimum atomic E-state index is -0.433. The van der Waals surface area contributed by atoms with Gasteiger partial charge in [0.15, 0.2) is 0 Å². The number of aliphatic hydroxyl groups is 1. The third-order valence-corrected chi connectivity index (χ3v) is 4.20. The molecule has 0 amide bonds. The van der Waals surface area contributed by atoms with Crippen LogP contribution in [0.2, 0.25) is 0 Å². The lowest BCUT2D eigenvalue weighted by atomic mass is 9.99. The predicted molar refractivity (Wildman–Crippen MR) is 84.2 cm³/mol. The monoisotopic (exact) mass is 300 g/mol. The summed E-state index contributed by atoms with van der Waals surface area (Å²) in [5, 5.41) is 10.2. The first-order chi connectivity index (χ1) is 9.79. The summed E-state index contributed by atoms with van der Waals surface area (Å²) in [5.74, 6) is 0.568. The van der Waals surface area contributed by atoms with E-state index < -0.39 is 6.10 Å². The summed E-state index contributed by atoms with van der Waals surface area (Å²) in [7, 11) is 1.85. The van der Waals surface area contributed by atoms with Gasteiger partial charge in [0.2, 0.25) is 0 Å². The van der Waals surface area contributed by atoms with Crippen molar-refractivity contribution in [2.75, 3.05) is 33.2 Å². The van der Waals surface area contributed by atoms with Crippen molar-refractivity contribution < 1.29 is 14.6 Å². The number of carbonyl (C=O) groups excluding carboxylic acids is 1. The van der Waals surface area contributed by atoms with Crippen molar-refractivity contribution in [3.63, 3.8) is 0 Å². The summed E-state index contributed by atoms with van der Waals surface area (Å²) in [4.78, 5) is 16.0. The molecule has 0 aliphatic carbocycles. The Hall–Kier alpha value is -0.650. The fraction of sp³-hybridized carbons (Fsp3) is 0.938.